The van der Waals surface area contributed by atoms with Crippen LogP contribution >= 0.6 is 0 Å². The minimum absolute atomic E-state index is 0.0446. The summed E-state index contributed by atoms with van der Waals surface area (Å²) >= 11 is 0. The van der Waals surface area contributed by atoms with Gasteiger partial charge in [-0.3, -0.25) is 14.4 Å². The summed E-state index contributed by atoms with van der Waals surface area (Å²) < 4.78 is 1.67. The van der Waals surface area contributed by atoms with Gasteiger partial charge in [-0.2, -0.15) is 0 Å². The number of nitrogens with zero attached hydrogens (tertiary/aromatic N) is 6. The van der Waals surface area contributed by atoms with Crippen LogP contribution in [0.3, 0.4) is 0 Å². The Hall–Kier alpha value is -2.48. The van der Waals surface area contributed by atoms with Crippen LogP contribution in [0.2, 0.25) is 0 Å². The number of aryl methyl sites for hydroxylation is 1. The lowest BCUT2D eigenvalue weighted by molar-refractivity contribution is -0.138. The minimum Gasteiger partial charge on any atom is -0.481 e. The second kappa shape index (κ2) is 7.18. The molecule has 2 atom stereocenters. The van der Waals surface area contributed by atoms with Gasteiger partial charge in [0.1, 0.15) is 5.82 Å². The van der Waals surface area contributed by atoms with Gasteiger partial charge < -0.3 is 10.0 Å². The number of pyridine rings is 1. The molecule has 0 amide bonds. The number of anilines is 1. The zero-order chi connectivity index (χ0) is 18.0. The van der Waals surface area contributed by atoms with Crippen molar-refractivity contribution in [2.24, 2.45) is 13.0 Å². The van der Waals surface area contributed by atoms with E-state index < -0.39 is 5.97 Å². The first-order chi connectivity index (χ1) is 11.9. The zero-order valence-corrected chi connectivity index (χ0v) is 14.8. The number of hydrogen-bond acceptors (Lipinski definition) is 6. The molecular weight excluding hydrogens is 320 g/mol. The molecule has 1 N–H and O–H groups in total. The van der Waals surface area contributed by atoms with E-state index in [1.165, 1.54) is 0 Å². The van der Waals surface area contributed by atoms with E-state index in [1.807, 2.05) is 44.5 Å². The topological polar surface area (TPSA) is 87.4 Å². The maximum Gasteiger partial charge on any atom is 0.303 e. The number of carbonyl (C=O) groups is 1. The number of hydrogen-bond donors (Lipinski definition) is 1. The maximum atomic E-state index is 11.2. The van der Waals surface area contributed by atoms with Crippen molar-refractivity contribution in [3.05, 3.63) is 35.8 Å². The zero-order valence-electron chi connectivity index (χ0n) is 14.8. The molecule has 1 aliphatic heterocycles. The lowest BCUT2D eigenvalue weighted by Crippen LogP contribution is -2.21. The SMILES string of the molecule is CN(C)c1ccc(CN2C[C@H](CC(=O)O)[C@H](c3cn(C)nn3)C2)cn1. The van der Waals surface area contributed by atoms with E-state index in [-0.39, 0.29) is 18.3 Å². The summed E-state index contributed by atoms with van der Waals surface area (Å²) in [5.74, 6) is 0.297. The summed E-state index contributed by atoms with van der Waals surface area (Å²) in [6.45, 7) is 2.28. The van der Waals surface area contributed by atoms with Crippen molar-refractivity contribution in [2.75, 3.05) is 32.1 Å². The molecule has 3 rings (SSSR count). The number of aromatic nitrogens is 4. The number of likely N-dealkylation sites (tertiary alicyclic amines) is 1. The average molecular weight is 344 g/mol. The van der Waals surface area contributed by atoms with Crippen molar-refractivity contribution in [2.45, 2.75) is 18.9 Å². The molecule has 0 spiro atoms. The molecule has 0 bridgehead atoms. The molecule has 1 fully saturated rings. The van der Waals surface area contributed by atoms with E-state index in [4.69, 9.17) is 0 Å². The van der Waals surface area contributed by atoms with Crippen molar-refractivity contribution >= 4 is 11.8 Å². The van der Waals surface area contributed by atoms with Gasteiger partial charge in [-0.15, -0.1) is 5.10 Å². The Kier molecular flexibility index (Phi) is 4.98. The van der Waals surface area contributed by atoms with Crippen molar-refractivity contribution < 1.29 is 9.90 Å². The Morgan fingerprint density at radius 1 is 1.36 bits per heavy atom. The van der Waals surface area contributed by atoms with Crippen LogP contribution in [0, 0.1) is 5.92 Å². The van der Waals surface area contributed by atoms with E-state index in [0.29, 0.717) is 0 Å². The highest BCUT2D eigenvalue weighted by Crippen LogP contribution is 2.34. The van der Waals surface area contributed by atoms with Gasteiger partial charge in [-0.05, 0) is 17.5 Å². The highest BCUT2D eigenvalue weighted by Gasteiger charge is 2.36. The largest absolute Gasteiger partial charge is 0.481 e. The van der Waals surface area contributed by atoms with E-state index in [2.05, 4.69) is 26.3 Å². The third kappa shape index (κ3) is 4.14. The molecule has 8 heteroatoms. The average Bonchev–Trinajstić information content (AvgIpc) is 3.13. The first-order valence-corrected chi connectivity index (χ1v) is 8.35. The molecule has 1 saturated heterocycles. The standard InChI is InChI=1S/C17H24N6O2/c1-21(2)16-5-4-12(7-18-16)8-23-9-13(6-17(24)25)14(10-23)15-11-22(3)20-19-15/h4-5,7,11,13-14H,6,8-10H2,1-3H3,(H,24,25)/t13-,14+/m0/s1. The van der Waals surface area contributed by atoms with Crippen LogP contribution in [0.25, 0.3) is 0 Å². The van der Waals surface area contributed by atoms with Crippen LogP contribution in [-0.4, -0.2) is 63.1 Å². The second-order valence-electron chi connectivity index (χ2n) is 6.89. The summed E-state index contributed by atoms with van der Waals surface area (Å²) in [4.78, 5) is 19.9. The third-order valence-electron chi connectivity index (χ3n) is 4.63. The molecule has 0 radical (unpaired) electrons. The van der Waals surface area contributed by atoms with Gasteiger partial charge in [0.2, 0.25) is 0 Å². The molecule has 0 unspecified atom stereocenters. The summed E-state index contributed by atoms with van der Waals surface area (Å²) in [6.07, 6.45) is 3.92. The molecule has 0 saturated carbocycles. The fraction of sp³-hybridized carbons (Fsp3) is 0.529. The predicted molar refractivity (Wildman–Crippen MR) is 93.3 cm³/mol. The number of aliphatic carboxylic acids is 1. The van der Waals surface area contributed by atoms with Gasteiger partial charge in [-0.25, -0.2) is 4.98 Å². The molecular formula is C17H24N6O2. The fourth-order valence-electron chi connectivity index (χ4n) is 3.42. The fourth-order valence-corrected chi connectivity index (χ4v) is 3.42. The molecule has 134 valence electrons. The van der Waals surface area contributed by atoms with Crippen LogP contribution in [0.15, 0.2) is 24.5 Å². The lowest BCUT2D eigenvalue weighted by atomic mass is 9.91. The lowest BCUT2D eigenvalue weighted by Gasteiger charge is -2.16. The van der Waals surface area contributed by atoms with Crippen LogP contribution < -0.4 is 4.90 Å². The van der Waals surface area contributed by atoms with Crippen molar-refractivity contribution in [1.29, 1.82) is 0 Å². The monoisotopic (exact) mass is 344 g/mol. The van der Waals surface area contributed by atoms with Gasteiger partial charge >= 0.3 is 5.97 Å². The smallest absolute Gasteiger partial charge is 0.303 e. The Morgan fingerprint density at radius 3 is 2.72 bits per heavy atom. The van der Waals surface area contributed by atoms with Gasteiger partial charge in [0, 0.05) is 59.1 Å². The molecule has 8 nitrogen and oxygen atoms in total. The normalized spacial score (nSPS) is 20.8. The van der Waals surface area contributed by atoms with Crippen molar-refractivity contribution in [1.82, 2.24) is 24.9 Å². The number of rotatable bonds is 6. The molecule has 2 aromatic heterocycles. The van der Waals surface area contributed by atoms with Crippen LogP contribution in [-0.2, 0) is 18.4 Å². The Morgan fingerprint density at radius 2 is 2.16 bits per heavy atom. The second-order valence-corrected chi connectivity index (χ2v) is 6.89. The van der Waals surface area contributed by atoms with E-state index in [9.17, 15) is 9.90 Å². The Bertz CT molecular complexity index is 727. The summed E-state index contributed by atoms with van der Waals surface area (Å²) in [7, 11) is 5.75. The highest BCUT2D eigenvalue weighted by atomic mass is 16.4. The number of carboxylic acids is 1. The van der Waals surface area contributed by atoms with Crippen LogP contribution in [0.1, 0.15) is 23.6 Å². The van der Waals surface area contributed by atoms with Gasteiger partial charge in [0.15, 0.2) is 0 Å². The van der Waals surface area contributed by atoms with E-state index in [0.717, 1.165) is 36.7 Å². The molecule has 25 heavy (non-hydrogen) atoms. The molecule has 1 aliphatic rings. The Balaban J connectivity index is 1.71. The molecule has 2 aromatic rings. The van der Waals surface area contributed by atoms with Crippen LogP contribution in [0.4, 0.5) is 5.82 Å². The summed E-state index contributed by atoms with van der Waals surface area (Å²) in [5.41, 5.74) is 2.00. The molecule has 0 aliphatic carbocycles. The van der Waals surface area contributed by atoms with Gasteiger partial charge in [0.25, 0.3) is 0 Å². The first-order valence-electron chi connectivity index (χ1n) is 8.35. The minimum atomic E-state index is -0.766. The molecule has 0 aromatic carbocycles. The first kappa shape index (κ1) is 17.3. The van der Waals surface area contributed by atoms with Gasteiger partial charge in [-0.1, -0.05) is 11.3 Å². The summed E-state index contributed by atoms with van der Waals surface area (Å²) in [5, 5.41) is 17.4. The Labute approximate surface area is 147 Å². The molecule has 3 heterocycles. The van der Waals surface area contributed by atoms with Crippen LogP contribution in [0.5, 0.6) is 0 Å². The predicted octanol–water partition coefficient (Wildman–Crippen LogP) is 0.966. The van der Waals surface area contributed by atoms with Crippen molar-refractivity contribution in [3.63, 3.8) is 0 Å². The van der Waals surface area contributed by atoms with E-state index >= 15 is 0 Å². The van der Waals surface area contributed by atoms with Gasteiger partial charge in [0.05, 0.1) is 12.1 Å². The van der Waals surface area contributed by atoms with Crippen molar-refractivity contribution in [3.8, 4) is 0 Å². The third-order valence-corrected chi connectivity index (χ3v) is 4.63. The van der Waals surface area contributed by atoms with E-state index in [1.54, 1.807) is 4.68 Å². The number of carboxylic acid groups (broad SMARTS) is 1. The highest BCUT2D eigenvalue weighted by molar-refractivity contribution is 5.67. The summed E-state index contributed by atoms with van der Waals surface area (Å²) in [6, 6.07) is 4.07. The quantitative estimate of drug-likeness (QED) is 0.835. The maximum absolute atomic E-state index is 11.2.